The number of aromatic hydroxyl groups is 1. The fourth-order valence-electron chi connectivity index (χ4n) is 6.35. The van der Waals surface area contributed by atoms with Crippen LogP contribution in [0.4, 0.5) is 0 Å². The molecule has 2 aliphatic heterocycles. The number of carbonyl (C=O) groups is 7. The number of aliphatic hydroxyl groups excluding tert-OH is 3. The van der Waals surface area contributed by atoms with E-state index in [0.29, 0.717) is 17.3 Å². The van der Waals surface area contributed by atoms with Crippen LogP contribution in [0.5, 0.6) is 5.75 Å². The number of carboxylic acid groups (broad SMARTS) is 1. The lowest BCUT2D eigenvalue weighted by molar-refractivity contribution is -0.140. The van der Waals surface area contributed by atoms with E-state index in [9.17, 15) is 59.1 Å². The number of phenolic OH excluding ortho intramolecular Hbond substituents is 1. The summed E-state index contributed by atoms with van der Waals surface area (Å²) in [6.45, 7) is 12.0. The zero-order chi connectivity index (χ0) is 45.2. The molecule has 2 heterocycles. The minimum Gasteiger partial charge on any atom is -0.507 e. The summed E-state index contributed by atoms with van der Waals surface area (Å²) in [5.74, 6) is -8.66. The van der Waals surface area contributed by atoms with Crippen LogP contribution in [0.2, 0.25) is 0 Å². The molecular weight excluding hydrogens is 793 g/mol. The Morgan fingerprint density at radius 2 is 1.50 bits per heavy atom. The molecule has 60 heavy (non-hydrogen) atoms. The number of benzene rings is 1. The topological polar surface area (TPSA) is 245 Å². The number of amides is 2. The standard InChI is InChI=1S/C45H54N2O12S/c1-22-12-10-9-11-13-25(4)44(57)47-37-41(55)31-19-28(7)40(54)36(35(31)42(56)43(37)60-21-32(45(58)59)46-29(8)48)39(53)27(6)18-26(5)38(52)24(3)15-17-30(49)16-14-23(2)34(51)20-33(22)50/h9-15,17-19,22,24,26,30,32-33,38,49-50,52,54H,16,20-21H2,1-8H3,(H,46,48)(H,47,57)(H,58,59)/b11-9-,12-10+,17-15+,23-14+,25-13-,27-18+/t22-,24-,26-,30-,32-,33-,38-/m0/s1. The summed E-state index contributed by atoms with van der Waals surface area (Å²) >= 11 is 0.561. The Kier molecular flexibility index (Phi) is 17.7. The van der Waals surface area contributed by atoms with Crippen LogP contribution in [-0.4, -0.2) is 96.6 Å². The summed E-state index contributed by atoms with van der Waals surface area (Å²) in [7, 11) is 0. The Bertz CT molecular complexity index is 2140. The number of rotatable bonds is 5. The van der Waals surface area contributed by atoms with Gasteiger partial charge in [-0.3, -0.25) is 28.8 Å². The molecule has 1 aromatic rings. The largest absolute Gasteiger partial charge is 0.507 e. The van der Waals surface area contributed by atoms with E-state index in [0.717, 1.165) is 6.92 Å². The average molecular weight is 847 g/mol. The summed E-state index contributed by atoms with van der Waals surface area (Å²) in [5.41, 5.74) is -1.25. The molecule has 14 nitrogen and oxygen atoms in total. The highest BCUT2D eigenvalue weighted by Gasteiger charge is 2.39. The van der Waals surface area contributed by atoms with E-state index >= 15 is 0 Å². The number of aryl methyl sites for hydroxylation is 1. The second-order valence-corrected chi connectivity index (χ2v) is 16.2. The van der Waals surface area contributed by atoms with Crippen LogP contribution in [0, 0.1) is 24.7 Å². The van der Waals surface area contributed by atoms with Gasteiger partial charge in [-0.05, 0) is 56.9 Å². The minimum atomic E-state index is -1.52. The molecule has 0 aromatic heterocycles. The number of nitrogens with one attached hydrogen (secondary N) is 2. The van der Waals surface area contributed by atoms with E-state index in [2.05, 4.69) is 10.6 Å². The molecule has 3 aliphatic rings. The molecule has 0 saturated heterocycles. The van der Waals surface area contributed by atoms with Gasteiger partial charge in [-0.15, -0.1) is 11.8 Å². The molecule has 7 atom stereocenters. The van der Waals surface area contributed by atoms with Crippen molar-refractivity contribution < 1.29 is 59.1 Å². The van der Waals surface area contributed by atoms with Gasteiger partial charge in [0.15, 0.2) is 11.6 Å². The van der Waals surface area contributed by atoms with Crippen LogP contribution in [-0.2, 0) is 19.2 Å². The van der Waals surface area contributed by atoms with Gasteiger partial charge >= 0.3 is 5.97 Å². The monoisotopic (exact) mass is 846 g/mol. The molecular formula is C45H54N2O12S. The van der Waals surface area contributed by atoms with Gasteiger partial charge in [-0.1, -0.05) is 75.5 Å². The molecule has 0 spiro atoms. The number of carbonyl (C=O) groups excluding carboxylic acids is 6. The van der Waals surface area contributed by atoms with Crippen LogP contribution in [0.1, 0.15) is 97.9 Å². The molecule has 4 rings (SSSR count). The Balaban J connectivity index is 2.22. The third kappa shape index (κ3) is 12.5. The Labute approximate surface area is 353 Å². The van der Waals surface area contributed by atoms with E-state index in [4.69, 9.17) is 0 Å². The maximum Gasteiger partial charge on any atom is 0.327 e. The fourth-order valence-corrected chi connectivity index (χ4v) is 7.43. The highest BCUT2D eigenvalue weighted by atomic mass is 32.2. The van der Waals surface area contributed by atoms with Crippen molar-refractivity contribution in [2.45, 2.75) is 92.6 Å². The molecule has 1 aromatic carbocycles. The van der Waals surface area contributed by atoms with Gasteiger partial charge in [0.25, 0.3) is 5.91 Å². The third-order valence-electron chi connectivity index (χ3n) is 10.2. The van der Waals surface area contributed by atoms with Crippen molar-refractivity contribution in [3.63, 3.8) is 0 Å². The molecule has 0 fully saturated rings. The van der Waals surface area contributed by atoms with Crippen molar-refractivity contribution in [2.75, 3.05) is 5.75 Å². The first-order valence-corrected chi connectivity index (χ1v) is 20.4. The molecule has 1 aliphatic carbocycles. The molecule has 4 bridgehead atoms. The van der Waals surface area contributed by atoms with Gasteiger partial charge in [0, 0.05) is 53.6 Å². The van der Waals surface area contributed by atoms with Crippen LogP contribution in [0.15, 0.2) is 88.1 Å². The number of thioether (sulfide) groups is 1. The summed E-state index contributed by atoms with van der Waals surface area (Å²) in [5, 5.41) is 58.2. The number of carboxylic acids is 1. The van der Waals surface area contributed by atoms with E-state index in [1.807, 2.05) is 0 Å². The van der Waals surface area contributed by atoms with Crippen molar-refractivity contribution in [3.8, 4) is 5.75 Å². The number of allylic oxidation sites excluding steroid dienone is 8. The van der Waals surface area contributed by atoms with Crippen molar-refractivity contribution in [2.24, 2.45) is 17.8 Å². The second-order valence-electron chi connectivity index (χ2n) is 15.2. The SMILES string of the molecule is CC(=O)N[C@@H](CSC1=C2NC(=O)\C(C)=C/C=C\C=C\[C@H](C)[C@@H](O)CC(=O)/C(C)=C/C[C@H](O)/C=C/[C@H](C)[C@H](O)[C@@H](C)/C=C(\C)C(=O)c3c(O)c(C)cc(c3C1=O)C2=O)C(=O)O. The van der Waals surface area contributed by atoms with E-state index in [1.54, 1.807) is 58.1 Å². The fraction of sp³-hybridized carbons (Fsp3) is 0.400. The van der Waals surface area contributed by atoms with E-state index < -0.39 is 110 Å². The number of phenols is 1. The highest BCUT2D eigenvalue weighted by molar-refractivity contribution is 8.04. The van der Waals surface area contributed by atoms with Crippen molar-refractivity contribution >= 4 is 52.7 Å². The number of ketones is 4. The Morgan fingerprint density at radius 3 is 2.13 bits per heavy atom. The number of hydrogen-bond acceptors (Lipinski definition) is 12. The van der Waals surface area contributed by atoms with Crippen molar-refractivity contribution in [3.05, 3.63) is 110 Å². The lowest BCUT2D eigenvalue weighted by Gasteiger charge is -2.25. The van der Waals surface area contributed by atoms with Crippen LogP contribution in [0.3, 0.4) is 0 Å². The first kappa shape index (κ1) is 48.9. The van der Waals surface area contributed by atoms with Gasteiger partial charge in [0.2, 0.25) is 17.5 Å². The quantitative estimate of drug-likeness (QED) is 0.198. The van der Waals surface area contributed by atoms with E-state index in [-0.39, 0.29) is 40.9 Å². The number of Topliss-reactive ketones (excluding diaryl/α,β-unsaturated/α-hetero) is 4. The van der Waals surface area contributed by atoms with Gasteiger partial charge in [-0.25, -0.2) is 4.79 Å². The molecule has 2 amide bonds. The third-order valence-corrected chi connectivity index (χ3v) is 11.4. The Morgan fingerprint density at radius 1 is 0.833 bits per heavy atom. The van der Waals surface area contributed by atoms with Gasteiger partial charge in [0.05, 0.1) is 28.8 Å². The van der Waals surface area contributed by atoms with Crippen LogP contribution >= 0.6 is 11.8 Å². The predicted molar refractivity (Wildman–Crippen MR) is 227 cm³/mol. The summed E-state index contributed by atoms with van der Waals surface area (Å²) in [4.78, 5) is 92.7. The lowest BCUT2D eigenvalue weighted by atomic mass is 9.83. The summed E-state index contributed by atoms with van der Waals surface area (Å²) < 4.78 is 0. The average Bonchev–Trinajstić information content (AvgIpc) is 3.19. The maximum absolute atomic E-state index is 14.5. The van der Waals surface area contributed by atoms with Crippen molar-refractivity contribution in [1.82, 2.24) is 10.6 Å². The normalized spacial score (nSPS) is 29.0. The molecule has 322 valence electrons. The molecule has 0 radical (unpaired) electrons. The lowest BCUT2D eigenvalue weighted by Crippen LogP contribution is -2.42. The zero-order valence-electron chi connectivity index (χ0n) is 34.9. The second kappa shape index (κ2) is 21.7. The number of aliphatic hydroxyl groups is 3. The smallest absolute Gasteiger partial charge is 0.327 e. The summed E-state index contributed by atoms with van der Waals surface area (Å²) in [6.07, 6.45) is 10.7. The van der Waals surface area contributed by atoms with Crippen LogP contribution < -0.4 is 10.6 Å². The molecule has 0 unspecified atom stereocenters. The van der Waals surface area contributed by atoms with Crippen LogP contribution in [0.25, 0.3) is 0 Å². The molecule has 7 N–H and O–H groups in total. The van der Waals surface area contributed by atoms with E-state index in [1.165, 1.54) is 51.1 Å². The van der Waals surface area contributed by atoms with Crippen molar-refractivity contribution in [1.29, 1.82) is 0 Å². The highest BCUT2D eigenvalue weighted by Crippen LogP contribution is 2.40. The molecule has 15 heteroatoms. The van der Waals surface area contributed by atoms with Gasteiger partial charge < -0.3 is 36.2 Å². The van der Waals surface area contributed by atoms with Gasteiger partial charge in [-0.2, -0.15) is 0 Å². The maximum atomic E-state index is 14.5. The predicted octanol–water partition coefficient (Wildman–Crippen LogP) is 4.77. The first-order valence-electron chi connectivity index (χ1n) is 19.4. The Hall–Kier alpha value is -5.48. The zero-order valence-corrected chi connectivity index (χ0v) is 35.8. The van der Waals surface area contributed by atoms with Gasteiger partial charge in [0.1, 0.15) is 17.5 Å². The number of aliphatic carboxylic acids is 1. The molecule has 0 saturated carbocycles. The number of fused-ring (bicyclic) bond motifs is 18. The summed E-state index contributed by atoms with van der Waals surface area (Å²) in [6, 6.07) is -0.311. The first-order chi connectivity index (χ1) is 28.1. The minimum absolute atomic E-state index is 0.00686. The number of hydrogen-bond donors (Lipinski definition) is 7.